The number of pyridine rings is 1. The molecule has 8 heteroatoms. The lowest BCUT2D eigenvalue weighted by Crippen LogP contribution is -2.23. The van der Waals surface area contributed by atoms with E-state index in [1.54, 1.807) is 24.3 Å². The number of halogens is 1. The highest BCUT2D eigenvalue weighted by molar-refractivity contribution is 7.89. The van der Waals surface area contributed by atoms with Crippen LogP contribution in [-0.2, 0) is 16.6 Å². The fourth-order valence-corrected chi connectivity index (χ4v) is 2.71. The van der Waals surface area contributed by atoms with Crippen molar-refractivity contribution in [2.75, 3.05) is 5.43 Å². The summed E-state index contributed by atoms with van der Waals surface area (Å²) in [7, 11) is -3.62. The molecule has 1 heterocycles. The summed E-state index contributed by atoms with van der Waals surface area (Å²) < 4.78 is 26.6. The van der Waals surface area contributed by atoms with E-state index in [0.717, 1.165) is 5.56 Å². The van der Waals surface area contributed by atoms with Gasteiger partial charge in [0.25, 0.3) is 0 Å². The van der Waals surface area contributed by atoms with Crippen LogP contribution in [0.3, 0.4) is 0 Å². The van der Waals surface area contributed by atoms with Gasteiger partial charge < -0.3 is 5.43 Å². The SMILES string of the molecule is NNc1ccc(S(=O)(=O)NCc2cccc(Cl)c2)cn1. The van der Waals surface area contributed by atoms with Crippen molar-refractivity contribution >= 4 is 27.4 Å². The molecule has 0 saturated carbocycles. The number of rotatable bonds is 5. The lowest BCUT2D eigenvalue weighted by Gasteiger charge is -2.07. The van der Waals surface area contributed by atoms with Gasteiger partial charge >= 0.3 is 0 Å². The predicted molar refractivity (Wildman–Crippen MR) is 77.5 cm³/mol. The summed E-state index contributed by atoms with van der Waals surface area (Å²) in [6.45, 7) is 0.153. The fraction of sp³-hybridized carbons (Fsp3) is 0.0833. The fourth-order valence-electron chi connectivity index (χ4n) is 1.53. The van der Waals surface area contributed by atoms with Crippen molar-refractivity contribution in [3.8, 4) is 0 Å². The van der Waals surface area contributed by atoms with E-state index < -0.39 is 10.0 Å². The molecule has 6 nitrogen and oxygen atoms in total. The van der Waals surface area contributed by atoms with Crippen molar-refractivity contribution in [2.45, 2.75) is 11.4 Å². The molecule has 0 aliphatic rings. The lowest BCUT2D eigenvalue weighted by atomic mass is 10.2. The molecular formula is C12H13ClN4O2S. The van der Waals surface area contributed by atoms with Crippen LogP contribution in [0, 0.1) is 0 Å². The smallest absolute Gasteiger partial charge is 0.242 e. The van der Waals surface area contributed by atoms with E-state index in [0.29, 0.717) is 10.8 Å². The third-order valence-electron chi connectivity index (χ3n) is 2.55. The van der Waals surface area contributed by atoms with Crippen LogP contribution in [0.15, 0.2) is 47.5 Å². The molecule has 0 fully saturated rings. The molecule has 20 heavy (non-hydrogen) atoms. The molecule has 0 aliphatic carbocycles. The van der Waals surface area contributed by atoms with Crippen molar-refractivity contribution in [1.29, 1.82) is 0 Å². The molecule has 0 spiro atoms. The zero-order valence-electron chi connectivity index (χ0n) is 10.4. The Balaban J connectivity index is 2.10. The highest BCUT2D eigenvalue weighted by Gasteiger charge is 2.14. The lowest BCUT2D eigenvalue weighted by molar-refractivity contribution is 0.581. The number of sulfonamides is 1. The Bertz CT molecular complexity index is 689. The molecule has 1 aromatic heterocycles. The molecule has 2 rings (SSSR count). The average molecular weight is 313 g/mol. The first-order valence-electron chi connectivity index (χ1n) is 5.68. The number of hydrogen-bond donors (Lipinski definition) is 3. The molecule has 2 aromatic rings. The summed E-state index contributed by atoms with van der Waals surface area (Å²) in [4.78, 5) is 3.92. The predicted octanol–water partition coefficient (Wildman–Crippen LogP) is 1.50. The van der Waals surface area contributed by atoms with E-state index in [1.165, 1.54) is 18.3 Å². The summed E-state index contributed by atoms with van der Waals surface area (Å²) in [5.74, 6) is 5.56. The molecule has 0 unspecified atom stereocenters. The standard InChI is InChI=1S/C12H13ClN4O2S/c13-10-3-1-2-9(6-10)7-16-20(18,19)11-4-5-12(17-14)15-8-11/h1-6,8,16H,7,14H2,(H,15,17). The quantitative estimate of drug-likeness (QED) is 0.574. The monoisotopic (exact) mass is 312 g/mol. The minimum Gasteiger partial charge on any atom is -0.308 e. The first-order chi connectivity index (χ1) is 9.51. The Kier molecular flexibility index (Phi) is 4.56. The van der Waals surface area contributed by atoms with Crippen LogP contribution in [0.1, 0.15) is 5.56 Å². The van der Waals surface area contributed by atoms with Gasteiger partial charge in [0.1, 0.15) is 10.7 Å². The number of nitrogen functional groups attached to an aromatic ring is 1. The van der Waals surface area contributed by atoms with Gasteiger partial charge in [-0.1, -0.05) is 23.7 Å². The van der Waals surface area contributed by atoms with Gasteiger partial charge in [0.2, 0.25) is 10.0 Å². The molecular weight excluding hydrogens is 300 g/mol. The third-order valence-corrected chi connectivity index (χ3v) is 4.17. The number of nitrogens with two attached hydrogens (primary N) is 1. The topological polar surface area (TPSA) is 97.1 Å². The van der Waals surface area contributed by atoms with Crippen molar-refractivity contribution in [3.63, 3.8) is 0 Å². The summed E-state index contributed by atoms with van der Waals surface area (Å²) in [6, 6.07) is 9.87. The number of hydrogen-bond acceptors (Lipinski definition) is 5. The van der Waals surface area contributed by atoms with Gasteiger partial charge in [-0.15, -0.1) is 0 Å². The minimum atomic E-state index is -3.62. The highest BCUT2D eigenvalue weighted by atomic mass is 35.5. The Labute approximate surface area is 122 Å². The van der Waals surface area contributed by atoms with Crippen LogP contribution in [0.2, 0.25) is 5.02 Å². The summed E-state index contributed by atoms with van der Waals surface area (Å²) in [5.41, 5.74) is 3.10. The van der Waals surface area contributed by atoms with E-state index in [1.807, 2.05) is 0 Å². The Morgan fingerprint density at radius 2 is 2.05 bits per heavy atom. The molecule has 0 bridgehead atoms. The molecule has 4 N–H and O–H groups in total. The summed E-state index contributed by atoms with van der Waals surface area (Å²) in [6.07, 6.45) is 1.23. The summed E-state index contributed by atoms with van der Waals surface area (Å²) in [5, 5.41) is 0.557. The zero-order chi connectivity index (χ0) is 14.6. The van der Waals surface area contributed by atoms with Gasteiger partial charge in [-0.05, 0) is 29.8 Å². The van der Waals surface area contributed by atoms with Gasteiger partial charge in [0.05, 0.1) is 0 Å². The Morgan fingerprint density at radius 3 is 2.65 bits per heavy atom. The van der Waals surface area contributed by atoms with Crippen molar-refractivity contribution in [3.05, 3.63) is 53.2 Å². The van der Waals surface area contributed by atoms with Crippen LogP contribution >= 0.6 is 11.6 Å². The molecule has 1 aromatic carbocycles. The van der Waals surface area contributed by atoms with Crippen LogP contribution in [0.25, 0.3) is 0 Å². The first-order valence-corrected chi connectivity index (χ1v) is 7.54. The second kappa shape index (κ2) is 6.19. The van der Waals surface area contributed by atoms with Crippen LogP contribution < -0.4 is 16.0 Å². The number of nitrogens with zero attached hydrogens (tertiary/aromatic N) is 1. The number of aromatic nitrogens is 1. The van der Waals surface area contributed by atoms with E-state index in [4.69, 9.17) is 17.4 Å². The number of benzene rings is 1. The third kappa shape index (κ3) is 3.67. The Morgan fingerprint density at radius 1 is 1.25 bits per heavy atom. The largest absolute Gasteiger partial charge is 0.308 e. The molecule has 106 valence electrons. The molecule has 0 aliphatic heterocycles. The highest BCUT2D eigenvalue weighted by Crippen LogP contribution is 2.13. The van der Waals surface area contributed by atoms with Crippen molar-refractivity contribution < 1.29 is 8.42 Å². The van der Waals surface area contributed by atoms with E-state index in [9.17, 15) is 8.42 Å². The van der Waals surface area contributed by atoms with Gasteiger partial charge in [-0.2, -0.15) is 0 Å². The van der Waals surface area contributed by atoms with Gasteiger partial charge in [0.15, 0.2) is 0 Å². The second-order valence-electron chi connectivity index (χ2n) is 3.98. The molecule has 0 atom stereocenters. The maximum absolute atomic E-state index is 12.1. The van der Waals surface area contributed by atoms with Crippen molar-refractivity contribution in [1.82, 2.24) is 9.71 Å². The zero-order valence-corrected chi connectivity index (χ0v) is 11.9. The second-order valence-corrected chi connectivity index (χ2v) is 6.18. The van der Waals surface area contributed by atoms with Crippen LogP contribution in [0.5, 0.6) is 0 Å². The first kappa shape index (κ1) is 14.7. The normalized spacial score (nSPS) is 11.3. The van der Waals surface area contributed by atoms with Gasteiger partial charge in [-0.25, -0.2) is 24.0 Å². The maximum atomic E-state index is 12.1. The van der Waals surface area contributed by atoms with E-state index in [2.05, 4.69) is 15.1 Å². The van der Waals surface area contributed by atoms with E-state index >= 15 is 0 Å². The number of anilines is 1. The maximum Gasteiger partial charge on any atom is 0.242 e. The number of hydrazine groups is 1. The van der Waals surface area contributed by atoms with Gasteiger partial charge in [-0.3, -0.25) is 0 Å². The van der Waals surface area contributed by atoms with E-state index in [-0.39, 0.29) is 11.4 Å². The number of nitrogens with one attached hydrogen (secondary N) is 2. The van der Waals surface area contributed by atoms with Crippen LogP contribution in [-0.4, -0.2) is 13.4 Å². The molecule has 0 amide bonds. The average Bonchev–Trinajstić information content (AvgIpc) is 2.45. The van der Waals surface area contributed by atoms with Crippen molar-refractivity contribution in [2.24, 2.45) is 5.84 Å². The Hall–Kier alpha value is -1.67. The van der Waals surface area contributed by atoms with Crippen LogP contribution in [0.4, 0.5) is 5.82 Å². The minimum absolute atomic E-state index is 0.0681. The van der Waals surface area contributed by atoms with Gasteiger partial charge in [0, 0.05) is 17.8 Å². The molecule has 0 radical (unpaired) electrons. The summed E-state index contributed by atoms with van der Waals surface area (Å²) >= 11 is 5.84. The molecule has 0 saturated heterocycles.